The number of phenolic OH excluding ortho intramolecular Hbond substituents is 2. The van der Waals surface area contributed by atoms with Crippen molar-refractivity contribution in [3.63, 3.8) is 0 Å². The normalized spacial score (nSPS) is 12.2. The van der Waals surface area contributed by atoms with Crippen LogP contribution in [0.3, 0.4) is 0 Å². The van der Waals surface area contributed by atoms with Crippen LogP contribution >= 0.6 is 0 Å². The molecular formula is C40H28N6O14S2. The van der Waals surface area contributed by atoms with Crippen LogP contribution in [0.1, 0.15) is 11.1 Å². The highest BCUT2D eigenvalue weighted by molar-refractivity contribution is 7.86. The quantitative estimate of drug-likeness (QED) is 0.0308. The van der Waals surface area contributed by atoms with E-state index in [0.717, 1.165) is 12.1 Å². The Morgan fingerprint density at radius 3 is 1.19 bits per heavy atom. The summed E-state index contributed by atoms with van der Waals surface area (Å²) < 4.78 is 69.7. The monoisotopic (exact) mass is 880 g/mol. The standard InChI is InChI=1S/C40H28N6O14S2/c47-31(48)13-19-1-5-23(6-2-19)43-45-33-29(61(55,56)57)17-21-15-25(9-11-27(21)37(33)51)41-35-36(40(54)39(35)53)42-26-10-12-28-22(16-26)18-30(62(58,59)60)34(38(28)52)46-44-24-7-3-20(4-8-24)14-32(49)50/h1-12,15-18,41-42,51-52H,13-14H2,(H,47,48)(H,49,50)(H,55,56,57)(H,58,59,60). The van der Waals surface area contributed by atoms with E-state index in [9.17, 15) is 55.3 Å². The number of carboxylic acid groups (broad SMARTS) is 2. The highest BCUT2D eigenvalue weighted by atomic mass is 32.2. The van der Waals surface area contributed by atoms with Gasteiger partial charge in [-0.3, -0.25) is 28.3 Å². The van der Waals surface area contributed by atoms with E-state index in [-0.39, 0.29) is 68.5 Å². The molecule has 0 saturated heterocycles. The summed E-state index contributed by atoms with van der Waals surface area (Å²) in [5.74, 6) is -3.46. The maximum absolute atomic E-state index is 12.8. The van der Waals surface area contributed by atoms with Crippen LogP contribution in [0.4, 0.5) is 45.5 Å². The first kappa shape index (κ1) is 42.2. The van der Waals surface area contributed by atoms with Gasteiger partial charge >= 0.3 is 11.9 Å². The highest BCUT2D eigenvalue weighted by Gasteiger charge is 2.26. The molecule has 0 aromatic heterocycles. The average Bonchev–Trinajstić information content (AvgIpc) is 3.21. The Kier molecular flexibility index (Phi) is 11.1. The lowest BCUT2D eigenvalue weighted by atomic mass is 10.1. The van der Waals surface area contributed by atoms with Crippen LogP contribution in [0.5, 0.6) is 11.5 Å². The van der Waals surface area contributed by atoms with Crippen molar-refractivity contribution in [1.29, 1.82) is 0 Å². The lowest BCUT2D eigenvalue weighted by Gasteiger charge is -2.16. The predicted molar refractivity (Wildman–Crippen MR) is 223 cm³/mol. The molecule has 0 heterocycles. The maximum Gasteiger partial charge on any atom is 0.307 e. The Labute approximate surface area is 348 Å². The number of aromatic hydroxyl groups is 2. The number of azo groups is 2. The van der Waals surface area contributed by atoms with Crippen LogP contribution < -0.4 is 21.5 Å². The summed E-state index contributed by atoms with van der Waals surface area (Å²) in [6.45, 7) is 0. The molecule has 0 spiro atoms. The van der Waals surface area contributed by atoms with E-state index in [0.29, 0.717) is 11.1 Å². The Morgan fingerprint density at radius 2 is 0.871 bits per heavy atom. The number of hydrogen-bond acceptors (Lipinski definition) is 16. The fraction of sp³-hybridized carbons (Fsp3) is 0.0500. The molecule has 62 heavy (non-hydrogen) atoms. The second-order valence-corrected chi connectivity index (χ2v) is 16.3. The Hall–Kier alpha value is -7.92. The Balaban J connectivity index is 1.16. The minimum Gasteiger partial charge on any atom is -0.505 e. The lowest BCUT2D eigenvalue weighted by Crippen LogP contribution is -2.35. The van der Waals surface area contributed by atoms with Gasteiger partial charge in [0.25, 0.3) is 31.1 Å². The van der Waals surface area contributed by atoms with E-state index >= 15 is 0 Å². The predicted octanol–water partition coefficient (Wildman–Crippen LogP) is 7.07. The summed E-state index contributed by atoms with van der Waals surface area (Å²) >= 11 is 0. The van der Waals surface area contributed by atoms with E-state index in [1.54, 1.807) is 0 Å². The van der Waals surface area contributed by atoms with Gasteiger partial charge in [-0.2, -0.15) is 27.1 Å². The molecule has 20 nitrogen and oxygen atoms in total. The maximum atomic E-state index is 12.8. The van der Waals surface area contributed by atoms with Crippen molar-refractivity contribution < 1.29 is 56.0 Å². The van der Waals surface area contributed by atoms with Crippen molar-refractivity contribution in [2.24, 2.45) is 20.5 Å². The molecule has 8 N–H and O–H groups in total. The van der Waals surface area contributed by atoms with Crippen LogP contribution in [0.25, 0.3) is 21.5 Å². The molecule has 0 fully saturated rings. The van der Waals surface area contributed by atoms with E-state index in [4.69, 9.17) is 10.2 Å². The summed E-state index contributed by atoms with van der Waals surface area (Å²) in [7, 11) is -10.0. The number of anilines is 4. The Morgan fingerprint density at radius 1 is 0.516 bits per heavy atom. The second-order valence-electron chi connectivity index (χ2n) is 13.5. The fourth-order valence-corrected chi connectivity index (χ4v) is 7.61. The minimum absolute atomic E-state index is 0.0434. The van der Waals surface area contributed by atoms with Crippen molar-refractivity contribution in [3.8, 4) is 11.5 Å². The third kappa shape index (κ3) is 8.83. The number of phenols is 2. The zero-order chi connectivity index (χ0) is 44.7. The second kappa shape index (κ2) is 16.3. The third-order valence-electron chi connectivity index (χ3n) is 9.22. The zero-order valence-corrected chi connectivity index (χ0v) is 32.8. The number of hydrogen-bond donors (Lipinski definition) is 8. The van der Waals surface area contributed by atoms with Crippen molar-refractivity contribution in [2.75, 3.05) is 10.6 Å². The van der Waals surface area contributed by atoms with Crippen molar-refractivity contribution in [1.82, 2.24) is 0 Å². The summed E-state index contributed by atoms with van der Waals surface area (Å²) in [5.41, 5.74) is -2.02. The van der Waals surface area contributed by atoms with Crippen molar-refractivity contribution >= 4 is 99.2 Å². The molecule has 7 aromatic rings. The molecule has 7 aromatic carbocycles. The third-order valence-corrected chi connectivity index (χ3v) is 11.0. The summed E-state index contributed by atoms with van der Waals surface area (Å²) in [4.78, 5) is 45.8. The number of benzene rings is 6. The molecule has 0 bridgehead atoms. The Bertz CT molecular complexity index is 3140. The molecule has 0 atom stereocenters. The summed E-state index contributed by atoms with van der Waals surface area (Å²) in [6.07, 6.45) is -0.496. The van der Waals surface area contributed by atoms with Gasteiger partial charge in [-0.1, -0.05) is 24.3 Å². The number of carbonyl (C=O) groups is 2. The minimum atomic E-state index is -5.02. The lowest BCUT2D eigenvalue weighted by molar-refractivity contribution is -0.137. The molecule has 0 aliphatic rings. The molecule has 0 radical (unpaired) electrons. The van der Waals surface area contributed by atoms with Gasteiger partial charge in [-0.15, -0.1) is 10.2 Å². The van der Waals surface area contributed by atoms with Gasteiger partial charge in [0.1, 0.15) is 32.5 Å². The number of aliphatic carboxylic acids is 2. The smallest absolute Gasteiger partial charge is 0.307 e. The molecule has 0 aliphatic carbocycles. The topological polar surface area (TPSA) is 331 Å². The van der Waals surface area contributed by atoms with E-state index in [1.165, 1.54) is 84.9 Å². The number of nitrogens with zero attached hydrogens (tertiary/aromatic N) is 4. The van der Waals surface area contributed by atoms with E-state index in [2.05, 4.69) is 31.1 Å². The number of carboxylic acids is 2. The largest absolute Gasteiger partial charge is 0.505 e. The SMILES string of the molecule is O=C(O)Cc1ccc(N=Nc2c(S(=O)(=O)O)cc3cc(Nc4c(Nc5ccc6c(O)c(N=Nc7ccc(CC(=O)O)cc7)c(S(=O)(=O)O)cc6c5)c(=O)c4=O)ccc3c2O)cc1. The molecule has 0 saturated carbocycles. The number of nitrogens with one attached hydrogen (secondary N) is 2. The molecular weight excluding hydrogens is 853 g/mol. The van der Waals surface area contributed by atoms with Crippen molar-refractivity contribution in [3.05, 3.63) is 129 Å². The molecule has 0 amide bonds. The van der Waals surface area contributed by atoms with Crippen LogP contribution in [0, 0.1) is 0 Å². The van der Waals surface area contributed by atoms with Gasteiger partial charge < -0.3 is 31.1 Å². The van der Waals surface area contributed by atoms with Crippen molar-refractivity contribution in [2.45, 2.75) is 22.6 Å². The first-order chi connectivity index (χ1) is 29.3. The highest BCUT2D eigenvalue weighted by Crippen LogP contribution is 2.44. The summed E-state index contributed by atoms with van der Waals surface area (Å²) in [6, 6.07) is 21.6. The first-order valence-corrected chi connectivity index (χ1v) is 20.5. The van der Waals surface area contributed by atoms with E-state index in [1.807, 2.05) is 0 Å². The van der Waals surface area contributed by atoms with Crippen LogP contribution in [-0.4, -0.2) is 58.3 Å². The van der Waals surface area contributed by atoms with Gasteiger partial charge in [0.15, 0.2) is 11.5 Å². The molecule has 22 heteroatoms. The average molecular weight is 881 g/mol. The molecule has 0 aliphatic heterocycles. The number of fused-ring (bicyclic) bond motifs is 2. The van der Waals surface area contributed by atoms with Gasteiger partial charge in [0.2, 0.25) is 0 Å². The zero-order valence-electron chi connectivity index (χ0n) is 31.2. The van der Waals surface area contributed by atoms with E-state index < -0.39 is 75.7 Å². The van der Waals surface area contributed by atoms with Gasteiger partial charge in [-0.05, 0) is 94.7 Å². The van der Waals surface area contributed by atoms with Crippen LogP contribution in [0.15, 0.2) is 137 Å². The van der Waals surface area contributed by atoms with Gasteiger partial charge in [0, 0.05) is 22.1 Å². The summed E-state index contributed by atoms with van der Waals surface area (Å²) in [5, 5.41) is 61.4. The van der Waals surface area contributed by atoms with Gasteiger partial charge in [-0.25, -0.2) is 0 Å². The van der Waals surface area contributed by atoms with Crippen LogP contribution in [0.2, 0.25) is 0 Å². The van der Waals surface area contributed by atoms with Crippen LogP contribution in [-0.2, 0) is 42.7 Å². The molecule has 7 rings (SSSR count). The number of rotatable bonds is 14. The first-order valence-electron chi connectivity index (χ1n) is 17.6. The molecule has 0 unspecified atom stereocenters. The van der Waals surface area contributed by atoms with Gasteiger partial charge in [0.05, 0.1) is 24.2 Å². The fourth-order valence-electron chi connectivity index (χ4n) is 6.29. The molecule has 314 valence electrons.